The zero-order valence-electron chi connectivity index (χ0n) is 13.5. The molecule has 128 valence electrons. The first kappa shape index (κ1) is 18.4. The molecule has 0 bridgehead atoms. The van der Waals surface area contributed by atoms with Crippen LogP contribution in [0.5, 0.6) is 0 Å². The van der Waals surface area contributed by atoms with E-state index in [4.69, 9.17) is 0 Å². The predicted octanol–water partition coefficient (Wildman–Crippen LogP) is 3.14. The summed E-state index contributed by atoms with van der Waals surface area (Å²) in [6.07, 6.45) is 4.59. The molecule has 3 nitrogen and oxygen atoms in total. The minimum absolute atomic E-state index is 0. The van der Waals surface area contributed by atoms with E-state index in [0.29, 0.717) is 11.5 Å². The molecule has 3 rings (SSSR count). The summed E-state index contributed by atoms with van der Waals surface area (Å²) < 4.78 is 13.0. The third-order valence-electron chi connectivity index (χ3n) is 4.92. The van der Waals surface area contributed by atoms with Gasteiger partial charge in [-0.15, -0.1) is 12.4 Å². The smallest absolute Gasteiger partial charge is 0.167 e. The summed E-state index contributed by atoms with van der Waals surface area (Å²) in [5.74, 6) is 0.669. The van der Waals surface area contributed by atoms with E-state index in [2.05, 4.69) is 10.2 Å². The van der Waals surface area contributed by atoms with Crippen LogP contribution in [-0.4, -0.2) is 43.4 Å². The van der Waals surface area contributed by atoms with Crippen LogP contribution >= 0.6 is 12.4 Å². The lowest BCUT2D eigenvalue weighted by molar-refractivity contribution is 0.0792. The van der Waals surface area contributed by atoms with E-state index in [1.165, 1.54) is 25.0 Å². The van der Waals surface area contributed by atoms with Gasteiger partial charge >= 0.3 is 0 Å². The quantitative estimate of drug-likeness (QED) is 0.855. The summed E-state index contributed by atoms with van der Waals surface area (Å²) in [5, 5.41) is 3.46. The maximum Gasteiger partial charge on any atom is 0.167 e. The Balaban J connectivity index is 0.00000192. The van der Waals surface area contributed by atoms with Gasteiger partial charge in [-0.25, -0.2) is 4.39 Å². The van der Waals surface area contributed by atoms with Gasteiger partial charge < -0.3 is 10.2 Å². The fraction of sp³-hybridized carbons (Fsp3) is 0.611. The van der Waals surface area contributed by atoms with Crippen LogP contribution in [0.25, 0.3) is 0 Å². The summed E-state index contributed by atoms with van der Waals surface area (Å²) in [6.45, 7) is 5.30. The standard InChI is InChI=1S/C18H25FN2O.ClH/c19-17-7-5-15(6-8-17)18(22)16-4-2-10-21(13-16)12-14-3-1-9-20-11-14;/h5-8,14,16,20H,1-4,9-13H2;1H. The van der Waals surface area contributed by atoms with Crippen molar-refractivity contribution in [3.63, 3.8) is 0 Å². The largest absolute Gasteiger partial charge is 0.316 e. The number of benzene rings is 1. The second kappa shape index (κ2) is 8.76. The molecule has 23 heavy (non-hydrogen) atoms. The van der Waals surface area contributed by atoms with Gasteiger partial charge in [0.2, 0.25) is 0 Å². The number of nitrogens with one attached hydrogen (secondary N) is 1. The number of likely N-dealkylation sites (tertiary alicyclic amines) is 1. The zero-order chi connectivity index (χ0) is 15.4. The number of ketones is 1. The molecule has 2 atom stereocenters. The van der Waals surface area contributed by atoms with E-state index in [1.54, 1.807) is 12.1 Å². The van der Waals surface area contributed by atoms with Crippen LogP contribution < -0.4 is 5.32 Å². The molecule has 2 unspecified atom stereocenters. The average Bonchev–Trinajstić information content (AvgIpc) is 2.56. The fourth-order valence-corrected chi connectivity index (χ4v) is 3.73. The minimum atomic E-state index is -0.286. The molecule has 0 aliphatic carbocycles. The number of piperidine rings is 2. The Bertz CT molecular complexity index is 502. The lowest BCUT2D eigenvalue weighted by Gasteiger charge is -2.35. The van der Waals surface area contributed by atoms with Gasteiger partial charge in [-0.2, -0.15) is 0 Å². The summed E-state index contributed by atoms with van der Waals surface area (Å²) in [7, 11) is 0. The lowest BCUT2D eigenvalue weighted by atomic mass is 9.89. The number of halogens is 2. The molecule has 0 amide bonds. The predicted molar refractivity (Wildman–Crippen MR) is 92.7 cm³/mol. The molecule has 2 saturated heterocycles. The molecule has 0 saturated carbocycles. The first-order chi connectivity index (χ1) is 10.7. The van der Waals surface area contributed by atoms with Gasteiger partial charge in [0.05, 0.1) is 0 Å². The van der Waals surface area contributed by atoms with Crippen LogP contribution in [0.4, 0.5) is 4.39 Å². The van der Waals surface area contributed by atoms with Crippen LogP contribution in [-0.2, 0) is 0 Å². The second-order valence-electron chi connectivity index (χ2n) is 6.68. The third-order valence-corrected chi connectivity index (χ3v) is 4.92. The number of hydrogen-bond donors (Lipinski definition) is 1. The summed E-state index contributed by atoms with van der Waals surface area (Å²) in [5.41, 5.74) is 0.646. The van der Waals surface area contributed by atoms with Crippen molar-refractivity contribution >= 4 is 18.2 Å². The molecule has 2 fully saturated rings. The molecule has 0 aromatic heterocycles. The van der Waals surface area contributed by atoms with Gasteiger partial charge in [-0.1, -0.05) is 0 Å². The SMILES string of the molecule is Cl.O=C(c1ccc(F)cc1)C1CCCN(CC2CCCNC2)C1. The number of rotatable bonds is 4. The van der Waals surface area contributed by atoms with Crippen molar-refractivity contribution in [1.82, 2.24) is 10.2 Å². The van der Waals surface area contributed by atoms with Crippen molar-refractivity contribution in [2.75, 3.05) is 32.7 Å². The Morgan fingerprint density at radius 3 is 2.70 bits per heavy atom. The van der Waals surface area contributed by atoms with Crippen molar-refractivity contribution in [1.29, 1.82) is 0 Å². The monoisotopic (exact) mass is 340 g/mol. The van der Waals surface area contributed by atoms with E-state index in [9.17, 15) is 9.18 Å². The maximum absolute atomic E-state index is 13.0. The number of carbonyl (C=O) groups is 1. The molecular weight excluding hydrogens is 315 g/mol. The van der Waals surface area contributed by atoms with Gasteiger partial charge in [0, 0.05) is 24.6 Å². The molecular formula is C18H26ClFN2O. The molecule has 1 aromatic carbocycles. The normalized spacial score (nSPS) is 25.6. The molecule has 2 aliphatic heterocycles. The third kappa shape index (κ3) is 5.00. The van der Waals surface area contributed by atoms with Crippen LogP contribution in [0.2, 0.25) is 0 Å². The van der Waals surface area contributed by atoms with E-state index in [-0.39, 0.29) is 29.9 Å². The van der Waals surface area contributed by atoms with Gasteiger partial charge in [-0.05, 0) is 75.5 Å². The highest BCUT2D eigenvalue weighted by atomic mass is 35.5. The maximum atomic E-state index is 13.0. The molecule has 5 heteroatoms. The van der Waals surface area contributed by atoms with Crippen molar-refractivity contribution < 1.29 is 9.18 Å². The Hall–Kier alpha value is -0.970. The Labute approximate surface area is 144 Å². The van der Waals surface area contributed by atoms with E-state index >= 15 is 0 Å². The highest BCUT2D eigenvalue weighted by Gasteiger charge is 2.28. The summed E-state index contributed by atoms with van der Waals surface area (Å²) in [6, 6.07) is 5.98. The average molecular weight is 341 g/mol. The summed E-state index contributed by atoms with van der Waals surface area (Å²) >= 11 is 0. The van der Waals surface area contributed by atoms with E-state index in [1.807, 2.05) is 0 Å². The zero-order valence-corrected chi connectivity index (χ0v) is 14.3. The van der Waals surface area contributed by atoms with Gasteiger partial charge in [-0.3, -0.25) is 4.79 Å². The van der Waals surface area contributed by atoms with E-state index in [0.717, 1.165) is 45.6 Å². The van der Waals surface area contributed by atoms with Crippen LogP contribution in [0.3, 0.4) is 0 Å². The first-order valence-electron chi connectivity index (χ1n) is 8.45. The Kier molecular flexibility index (Phi) is 7.00. The fourth-order valence-electron chi connectivity index (χ4n) is 3.73. The number of nitrogens with zero attached hydrogens (tertiary/aromatic N) is 1. The number of Topliss-reactive ketones (excluding diaryl/α,β-unsaturated/α-hetero) is 1. The topological polar surface area (TPSA) is 32.3 Å². The highest BCUT2D eigenvalue weighted by Crippen LogP contribution is 2.23. The van der Waals surface area contributed by atoms with Crippen molar-refractivity contribution in [2.45, 2.75) is 25.7 Å². The highest BCUT2D eigenvalue weighted by molar-refractivity contribution is 5.98. The van der Waals surface area contributed by atoms with Crippen LogP contribution in [0, 0.1) is 17.7 Å². The van der Waals surface area contributed by atoms with Crippen LogP contribution in [0.15, 0.2) is 24.3 Å². The van der Waals surface area contributed by atoms with Gasteiger partial charge in [0.1, 0.15) is 5.82 Å². The second-order valence-corrected chi connectivity index (χ2v) is 6.68. The van der Waals surface area contributed by atoms with Crippen LogP contribution in [0.1, 0.15) is 36.0 Å². The van der Waals surface area contributed by atoms with Gasteiger partial charge in [0.25, 0.3) is 0 Å². The first-order valence-corrected chi connectivity index (χ1v) is 8.45. The lowest BCUT2D eigenvalue weighted by Crippen LogP contribution is -2.44. The molecule has 2 aliphatic rings. The molecule has 0 spiro atoms. The minimum Gasteiger partial charge on any atom is -0.316 e. The van der Waals surface area contributed by atoms with Crippen molar-refractivity contribution in [3.05, 3.63) is 35.6 Å². The van der Waals surface area contributed by atoms with Crippen molar-refractivity contribution in [2.24, 2.45) is 11.8 Å². The Morgan fingerprint density at radius 1 is 1.22 bits per heavy atom. The molecule has 1 N–H and O–H groups in total. The Morgan fingerprint density at radius 2 is 2.00 bits per heavy atom. The number of hydrogen-bond acceptors (Lipinski definition) is 3. The molecule has 2 heterocycles. The van der Waals surface area contributed by atoms with Gasteiger partial charge in [0.15, 0.2) is 5.78 Å². The van der Waals surface area contributed by atoms with E-state index < -0.39 is 0 Å². The molecule has 0 radical (unpaired) electrons. The van der Waals surface area contributed by atoms with Crippen molar-refractivity contribution in [3.8, 4) is 0 Å². The number of carbonyl (C=O) groups excluding carboxylic acids is 1. The summed E-state index contributed by atoms with van der Waals surface area (Å²) in [4.78, 5) is 15.0. The molecule has 1 aromatic rings.